The standard InChI is InChI=1S/C15H12BrClN2O/c16-8-11-4-5-14(13(17)7-11)20-10-12-9-19-6-2-1-3-15(19)18-12/h1-7,9H,8,10H2. The topological polar surface area (TPSA) is 26.5 Å². The van der Waals surface area contributed by atoms with Gasteiger partial charge in [0.1, 0.15) is 18.0 Å². The number of rotatable bonds is 4. The summed E-state index contributed by atoms with van der Waals surface area (Å²) in [6.07, 6.45) is 3.92. The highest BCUT2D eigenvalue weighted by atomic mass is 79.9. The average molecular weight is 352 g/mol. The molecule has 0 aliphatic carbocycles. The number of benzene rings is 1. The molecule has 3 aromatic rings. The van der Waals surface area contributed by atoms with Gasteiger partial charge in [-0.05, 0) is 29.8 Å². The molecule has 0 bridgehead atoms. The summed E-state index contributed by atoms with van der Waals surface area (Å²) in [7, 11) is 0. The Morgan fingerprint density at radius 3 is 2.90 bits per heavy atom. The highest BCUT2D eigenvalue weighted by Crippen LogP contribution is 2.27. The van der Waals surface area contributed by atoms with E-state index in [0.29, 0.717) is 17.4 Å². The first-order valence-corrected chi connectivity index (χ1v) is 7.66. The highest BCUT2D eigenvalue weighted by molar-refractivity contribution is 9.08. The molecule has 0 unspecified atom stereocenters. The number of hydrogen-bond donors (Lipinski definition) is 0. The SMILES string of the molecule is Clc1cc(CBr)ccc1OCc1cn2ccccc2n1. The molecule has 0 amide bonds. The van der Waals surface area contributed by atoms with Crippen LogP contribution in [0.3, 0.4) is 0 Å². The second-order valence-corrected chi connectivity index (χ2v) is 5.35. The number of hydrogen-bond acceptors (Lipinski definition) is 2. The van der Waals surface area contributed by atoms with Crippen LogP contribution in [0, 0.1) is 0 Å². The Balaban J connectivity index is 1.75. The molecule has 2 aromatic heterocycles. The highest BCUT2D eigenvalue weighted by Gasteiger charge is 2.05. The first-order valence-electron chi connectivity index (χ1n) is 6.16. The second-order valence-electron chi connectivity index (χ2n) is 4.39. The van der Waals surface area contributed by atoms with Crippen LogP contribution in [0.25, 0.3) is 5.65 Å². The van der Waals surface area contributed by atoms with Crippen molar-refractivity contribution in [2.24, 2.45) is 0 Å². The smallest absolute Gasteiger partial charge is 0.138 e. The van der Waals surface area contributed by atoms with Gasteiger partial charge in [-0.1, -0.05) is 39.7 Å². The summed E-state index contributed by atoms with van der Waals surface area (Å²) in [6.45, 7) is 0.398. The van der Waals surface area contributed by atoms with Crippen molar-refractivity contribution in [1.82, 2.24) is 9.38 Å². The molecule has 0 saturated carbocycles. The number of ether oxygens (including phenoxy) is 1. The average Bonchev–Trinajstić information content (AvgIpc) is 2.88. The molecule has 2 heterocycles. The fraction of sp³-hybridized carbons (Fsp3) is 0.133. The number of pyridine rings is 1. The lowest BCUT2D eigenvalue weighted by atomic mass is 10.2. The van der Waals surface area contributed by atoms with Gasteiger partial charge in [-0.3, -0.25) is 0 Å². The lowest BCUT2D eigenvalue weighted by Gasteiger charge is -2.07. The lowest BCUT2D eigenvalue weighted by Crippen LogP contribution is -1.96. The molecule has 20 heavy (non-hydrogen) atoms. The summed E-state index contributed by atoms with van der Waals surface area (Å²) >= 11 is 9.58. The van der Waals surface area contributed by atoms with Crippen molar-refractivity contribution in [3.8, 4) is 5.75 Å². The normalized spacial score (nSPS) is 10.9. The molecule has 3 nitrogen and oxygen atoms in total. The zero-order valence-corrected chi connectivity index (χ0v) is 12.9. The minimum Gasteiger partial charge on any atom is -0.486 e. The number of fused-ring (bicyclic) bond motifs is 1. The Labute approximate surface area is 130 Å². The van der Waals surface area contributed by atoms with Crippen molar-refractivity contribution in [3.05, 3.63) is 65.1 Å². The van der Waals surface area contributed by atoms with E-state index in [-0.39, 0.29) is 0 Å². The summed E-state index contributed by atoms with van der Waals surface area (Å²) in [5.74, 6) is 0.674. The maximum Gasteiger partial charge on any atom is 0.138 e. The Morgan fingerprint density at radius 1 is 1.25 bits per heavy atom. The van der Waals surface area contributed by atoms with Gasteiger partial charge in [-0.15, -0.1) is 0 Å². The third-order valence-corrected chi connectivity index (χ3v) is 3.88. The minimum atomic E-state index is 0.398. The molecular weight excluding hydrogens is 340 g/mol. The van der Waals surface area contributed by atoms with Crippen LogP contribution in [0.15, 0.2) is 48.8 Å². The Morgan fingerprint density at radius 2 is 2.15 bits per heavy atom. The summed E-state index contributed by atoms with van der Waals surface area (Å²) in [5, 5.41) is 1.39. The summed E-state index contributed by atoms with van der Waals surface area (Å²) in [5.41, 5.74) is 2.90. The molecule has 0 aliphatic rings. The van der Waals surface area contributed by atoms with E-state index in [0.717, 1.165) is 22.2 Å². The van der Waals surface area contributed by atoms with Gasteiger partial charge in [0.25, 0.3) is 0 Å². The number of halogens is 2. The molecule has 0 radical (unpaired) electrons. The predicted molar refractivity (Wildman–Crippen MR) is 83.6 cm³/mol. The first-order chi connectivity index (χ1) is 9.76. The Bertz CT molecular complexity index is 709. The Hall–Kier alpha value is -1.52. The summed E-state index contributed by atoms with van der Waals surface area (Å²) in [6, 6.07) is 11.7. The third kappa shape index (κ3) is 2.81. The second kappa shape index (κ2) is 5.85. The number of imidazole rings is 1. The quantitative estimate of drug-likeness (QED) is 0.649. The molecular formula is C15H12BrClN2O. The van der Waals surface area contributed by atoms with Crippen molar-refractivity contribution in [2.45, 2.75) is 11.9 Å². The van der Waals surface area contributed by atoms with Gasteiger partial charge < -0.3 is 9.14 Å². The van der Waals surface area contributed by atoms with Crippen molar-refractivity contribution < 1.29 is 4.74 Å². The molecule has 5 heteroatoms. The first kappa shape index (κ1) is 13.5. The molecule has 1 aromatic carbocycles. The molecule has 0 spiro atoms. The molecule has 0 fully saturated rings. The van der Waals surface area contributed by atoms with Crippen LogP contribution in [0.2, 0.25) is 5.02 Å². The predicted octanol–water partition coefficient (Wildman–Crippen LogP) is 4.46. The van der Waals surface area contributed by atoms with Crippen LogP contribution in [0.5, 0.6) is 5.75 Å². The van der Waals surface area contributed by atoms with E-state index in [4.69, 9.17) is 16.3 Å². The van der Waals surface area contributed by atoms with Crippen molar-refractivity contribution in [3.63, 3.8) is 0 Å². The zero-order valence-electron chi connectivity index (χ0n) is 10.6. The van der Waals surface area contributed by atoms with Crippen LogP contribution < -0.4 is 4.74 Å². The van der Waals surface area contributed by atoms with E-state index in [1.54, 1.807) is 0 Å². The van der Waals surface area contributed by atoms with E-state index >= 15 is 0 Å². The monoisotopic (exact) mass is 350 g/mol. The molecule has 0 N–H and O–H groups in total. The fourth-order valence-corrected chi connectivity index (χ4v) is 2.56. The van der Waals surface area contributed by atoms with E-state index in [9.17, 15) is 0 Å². The van der Waals surface area contributed by atoms with Crippen molar-refractivity contribution >= 4 is 33.2 Å². The molecule has 0 saturated heterocycles. The van der Waals surface area contributed by atoms with Crippen molar-refractivity contribution in [1.29, 1.82) is 0 Å². The van der Waals surface area contributed by atoms with Crippen LogP contribution in [0.1, 0.15) is 11.3 Å². The van der Waals surface area contributed by atoms with Gasteiger partial charge in [0.05, 0.1) is 10.7 Å². The van der Waals surface area contributed by atoms with Crippen LogP contribution in [-0.2, 0) is 11.9 Å². The number of nitrogens with zero attached hydrogens (tertiary/aromatic N) is 2. The molecule has 0 aliphatic heterocycles. The van der Waals surface area contributed by atoms with E-state index in [2.05, 4.69) is 20.9 Å². The van der Waals surface area contributed by atoms with Gasteiger partial charge in [-0.25, -0.2) is 4.98 Å². The molecule has 102 valence electrons. The fourth-order valence-electron chi connectivity index (χ4n) is 1.95. The van der Waals surface area contributed by atoms with E-state index in [1.807, 2.05) is 53.2 Å². The minimum absolute atomic E-state index is 0.398. The van der Waals surface area contributed by atoms with Gasteiger partial charge in [0.2, 0.25) is 0 Å². The number of alkyl halides is 1. The molecule has 0 atom stereocenters. The van der Waals surface area contributed by atoms with Crippen LogP contribution >= 0.6 is 27.5 Å². The summed E-state index contributed by atoms with van der Waals surface area (Å²) in [4.78, 5) is 4.48. The van der Waals surface area contributed by atoms with Crippen LogP contribution in [-0.4, -0.2) is 9.38 Å². The molecule has 3 rings (SSSR count). The zero-order chi connectivity index (χ0) is 13.9. The van der Waals surface area contributed by atoms with Gasteiger partial charge in [-0.2, -0.15) is 0 Å². The maximum atomic E-state index is 6.18. The van der Waals surface area contributed by atoms with Gasteiger partial charge in [0, 0.05) is 17.7 Å². The van der Waals surface area contributed by atoms with Crippen molar-refractivity contribution in [2.75, 3.05) is 0 Å². The van der Waals surface area contributed by atoms with E-state index < -0.39 is 0 Å². The lowest BCUT2D eigenvalue weighted by molar-refractivity contribution is 0.302. The van der Waals surface area contributed by atoms with E-state index in [1.165, 1.54) is 0 Å². The Kier molecular flexibility index (Phi) is 3.94. The summed E-state index contributed by atoms with van der Waals surface area (Å²) < 4.78 is 7.70. The van der Waals surface area contributed by atoms with Crippen LogP contribution in [0.4, 0.5) is 0 Å². The largest absolute Gasteiger partial charge is 0.486 e. The maximum absolute atomic E-state index is 6.18. The number of aromatic nitrogens is 2. The van der Waals surface area contributed by atoms with Gasteiger partial charge >= 0.3 is 0 Å². The van der Waals surface area contributed by atoms with Gasteiger partial charge in [0.15, 0.2) is 0 Å². The third-order valence-electron chi connectivity index (χ3n) is 2.94.